The van der Waals surface area contributed by atoms with Gasteiger partial charge in [0, 0.05) is 30.2 Å². The Labute approximate surface area is 157 Å². The number of amides is 1. The van der Waals surface area contributed by atoms with Crippen molar-refractivity contribution >= 4 is 23.0 Å². The summed E-state index contributed by atoms with van der Waals surface area (Å²) >= 11 is 0. The third-order valence-electron chi connectivity index (χ3n) is 4.64. The number of rotatable bonds is 8. The van der Waals surface area contributed by atoms with Crippen LogP contribution in [0.5, 0.6) is 0 Å². The lowest BCUT2D eigenvalue weighted by Crippen LogP contribution is -2.23. The van der Waals surface area contributed by atoms with Gasteiger partial charge in [-0.15, -0.1) is 0 Å². The summed E-state index contributed by atoms with van der Waals surface area (Å²) in [4.78, 5) is 14.6. The molecule has 140 valence electrons. The largest absolute Gasteiger partial charge is 0.376 e. The quantitative estimate of drug-likeness (QED) is 0.701. The molecule has 0 aliphatic carbocycles. The molecule has 1 amide bonds. The normalized spacial score (nSPS) is 10.7. The third kappa shape index (κ3) is 5.25. The van der Waals surface area contributed by atoms with Crippen molar-refractivity contribution in [3.63, 3.8) is 0 Å². The number of aryl methyl sites for hydroxylation is 1. The van der Waals surface area contributed by atoms with Crippen molar-refractivity contribution in [2.75, 3.05) is 35.2 Å². The first kappa shape index (κ1) is 19.8. The third-order valence-corrected chi connectivity index (χ3v) is 4.64. The molecule has 0 unspecified atom stereocenters. The molecule has 0 fully saturated rings. The minimum absolute atomic E-state index is 0.0448. The van der Waals surface area contributed by atoms with E-state index in [1.54, 1.807) is 0 Å². The molecule has 0 atom stereocenters. The number of nitrogens with zero attached hydrogens (tertiary/aromatic N) is 1. The lowest BCUT2D eigenvalue weighted by molar-refractivity contribution is -0.114. The molecule has 0 aromatic heterocycles. The first-order valence-corrected chi connectivity index (χ1v) is 9.43. The fourth-order valence-corrected chi connectivity index (χ4v) is 2.94. The van der Waals surface area contributed by atoms with Gasteiger partial charge in [0.15, 0.2) is 0 Å². The van der Waals surface area contributed by atoms with E-state index in [0.717, 1.165) is 30.0 Å². The van der Waals surface area contributed by atoms with Gasteiger partial charge in [0.25, 0.3) is 0 Å². The van der Waals surface area contributed by atoms with Crippen LogP contribution in [0.25, 0.3) is 0 Å². The number of carbonyl (C=O) groups is 1. The zero-order valence-electron chi connectivity index (χ0n) is 16.6. The lowest BCUT2D eigenvalue weighted by Gasteiger charge is -2.22. The maximum atomic E-state index is 12.3. The van der Waals surface area contributed by atoms with Crippen LogP contribution in [0.3, 0.4) is 0 Å². The highest BCUT2D eigenvalue weighted by Gasteiger charge is 2.08. The number of anilines is 3. The summed E-state index contributed by atoms with van der Waals surface area (Å²) in [6, 6.07) is 14.4. The molecule has 2 aromatic carbocycles. The minimum atomic E-state index is -0.0448. The van der Waals surface area contributed by atoms with E-state index in [-0.39, 0.29) is 12.5 Å². The highest BCUT2D eigenvalue weighted by Crippen LogP contribution is 2.23. The van der Waals surface area contributed by atoms with Gasteiger partial charge in [-0.1, -0.05) is 26.0 Å². The number of benzene rings is 2. The number of hydrogen-bond acceptors (Lipinski definition) is 3. The van der Waals surface area contributed by atoms with Crippen LogP contribution in [0, 0.1) is 6.92 Å². The molecule has 0 radical (unpaired) electrons. The number of nitrogens with one attached hydrogen (secondary N) is 2. The van der Waals surface area contributed by atoms with Gasteiger partial charge in [0.05, 0.1) is 6.54 Å². The molecular weight excluding hydrogens is 322 g/mol. The van der Waals surface area contributed by atoms with Crippen LogP contribution in [0.4, 0.5) is 17.1 Å². The monoisotopic (exact) mass is 353 g/mol. The molecule has 0 saturated carbocycles. The highest BCUT2D eigenvalue weighted by molar-refractivity contribution is 5.94. The Morgan fingerprint density at radius 1 is 1.04 bits per heavy atom. The Hall–Kier alpha value is -2.49. The predicted molar refractivity (Wildman–Crippen MR) is 112 cm³/mol. The van der Waals surface area contributed by atoms with Gasteiger partial charge >= 0.3 is 0 Å². The first-order valence-electron chi connectivity index (χ1n) is 9.43. The van der Waals surface area contributed by atoms with Crippen LogP contribution >= 0.6 is 0 Å². The van der Waals surface area contributed by atoms with Crippen LogP contribution in [-0.4, -0.2) is 25.5 Å². The second kappa shape index (κ2) is 9.27. The summed E-state index contributed by atoms with van der Waals surface area (Å²) in [5.41, 5.74) is 5.38. The van der Waals surface area contributed by atoms with Crippen molar-refractivity contribution in [3.05, 3.63) is 53.6 Å². The van der Waals surface area contributed by atoms with Crippen molar-refractivity contribution in [3.8, 4) is 0 Å². The summed E-state index contributed by atoms with van der Waals surface area (Å²) in [6.07, 6.45) is 0. The van der Waals surface area contributed by atoms with Gasteiger partial charge in [-0.2, -0.15) is 0 Å². The fraction of sp³-hybridized carbons (Fsp3) is 0.409. The molecule has 0 aliphatic heterocycles. The standard InChI is InChI=1S/C22H31N3O/c1-6-25(7-2)20-12-13-21(17(5)14-20)24-22(26)15-23-19-10-8-18(9-11-19)16(3)4/h8-14,16,23H,6-7,15H2,1-5H3,(H,24,26). The van der Waals surface area contributed by atoms with Gasteiger partial charge in [-0.3, -0.25) is 4.79 Å². The molecule has 4 heteroatoms. The molecule has 0 aliphatic rings. The zero-order chi connectivity index (χ0) is 19.1. The molecule has 4 nitrogen and oxygen atoms in total. The van der Waals surface area contributed by atoms with Crippen molar-refractivity contribution in [1.82, 2.24) is 0 Å². The highest BCUT2D eigenvalue weighted by atomic mass is 16.1. The summed E-state index contributed by atoms with van der Waals surface area (Å²) in [5.74, 6) is 0.464. The van der Waals surface area contributed by atoms with Crippen molar-refractivity contribution in [2.45, 2.75) is 40.5 Å². The number of hydrogen-bond donors (Lipinski definition) is 2. The number of carbonyl (C=O) groups excluding carboxylic acids is 1. The average molecular weight is 354 g/mol. The van der Waals surface area contributed by atoms with E-state index < -0.39 is 0 Å². The van der Waals surface area contributed by atoms with Crippen molar-refractivity contribution in [2.24, 2.45) is 0 Å². The van der Waals surface area contributed by atoms with Crippen LogP contribution in [0.2, 0.25) is 0 Å². The second-order valence-corrected chi connectivity index (χ2v) is 6.85. The minimum Gasteiger partial charge on any atom is -0.376 e. The predicted octanol–water partition coefficient (Wildman–Crippen LogP) is 5.02. The Morgan fingerprint density at radius 2 is 1.69 bits per heavy atom. The SMILES string of the molecule is CCN(CC)c1ccc(NC(=O)CNc2ccc(C(C)C)cc2)c(C)c1. The Kier molecular flexibility index (Phi) is 7.07. The van der Waals surface area contributed by atoms with E-state index in [1.807, 2.05) is 25.1 Å². The fourth-order valence-electron chi connectivity index (χ4n) is 2.94. The lowest BCUT2D eigenvalue weighted by atomic mass is 10.0. The van der Waals surface area contributed by atoms with Gasteiger partial charge in [-0.05, 0) is 68.1 Å². The van der Waals surface area contributed by atoms with Gasteiger partial charge in [-0.25, -0.2) is 0 Å². The van der Waals surface area contributed by atoms with E-state index in [1.165, 1.54) is 11.3 Å². The van der Waals surface area contributed by atoms with Crippen LogP contribution in [0.1, 0.15) is 44.7 Å². The van der Waals surface area contributed by atoms with Crippen LogP contribution in [-0.2, 0) is 4.79 Å². The van der Waals surface area contributed by atoms with E-state index in [0.29, 0.717) is 5.92 Å². The first-order chi connectivity index (χ1) is 12.4. The van der Waals surface area contributed by atoms with E-state index in [4.69, 9.17) is 0 Å². The Balaban J connectivity index is 1.93. The summed E-state index contributed by atoms with van der Waals surface area (Å²) in [5, 5.41) is 6.17. The molecule has 0 heterocycles. The molecule has 0 saturated heterocycles. The molecule has 2 aromatic rings. The summed E-state index contributed by atoms with van der Waals surface area (Å²) < 4.78 is 0. The van der Waals surface area contributed by atoms with E-state index in [9.17, 15) is 4.79 Å². The van der Waals surface area contributed by atoms with Crippen LogP contribution < -0.4 is 15.5 Å². The smallest absolute Gasteiger partial charge is 0.243 e. The molecule has 0 bridgehead atoms. The molecule has 0 spiro atoms. The molecular formula is C22H31N3O. The van der Waals surface area contributed by atoms with Gasteiger partial charge in [0.1, 0.15) is 0 Å². The van der Waals surface area contributed by atoms with E-state index >= 15 is 0 Å². The van der Waals surface area contributed by atoms with Crippen molar-refractivity contribution < 1.29 is 4.79 Å². The summed E-state index contributed by atoms with van der Waals surface area (Å²) in [7, 11) is 0. The second-order valence-electron chi connectivity index (χ2n) is 6.85. The van der Waals surface area contributed by atoms with Gasteiger partial charge in [0.2, 0.25) is 5.91 Å². The van der Waals surface area contributed by atoms with E-state index in [2.05, 4.69) is 67.5 Å². The maximum Gasteiger partial charge on any atom is 0.243 e. The maximum absolute atomic E-state index is 12.3. The Morgan fingerprint density at radius 3 is 2.23 bits per heavy atom. The molecule has 2 N–H and O–H groups in total. The van der Waals surface area contributed by atoms with Crippen LogP contribution in [0.15, 0.2) is 42.5 Å². The molecule has 26 heavy (non-hydrogen) atoms. The average Bonchev–Trinajstić information content (AvgIpc) is 2.63. The summed E-state index contributed by atoms with van der Waals surface area (Å²) in [6.45, 7) is 12.9. The van der Waals surface area contributed by atoms with Crippen molar-refractivity contribution in [1.29, 1.82) is 0 Å². The Bertz CT molecular complexity index is 719. The molecule has 2 rings (SSSR count). The topological polar surface area (TPSA) is 44.4 Å². The zero-order valence-corrected chi connectivity index (χ0v) is 16.6. The van der Waals surface area contributed by atoms with Gasteiger partial charge < -0.3 is 15.5 Å².